The number of anilines is 1. The zero-order chi connectivity index (χ0) is 17.6. The molecule has 0 fully saturated rings. The summed E-state index contributed by atoms with van der Waals surface area (Å²) < 4.78 is 6.91. The van der Waals surface area contributed by atoms with Crippen LogP contribution in [-0.2, 0) is 6.54 Å². The highest BCUT2D eigenvalue weighted by Gasteiger charge is 2.16. The van der Waals surface area contributed by atoms with Crippen molar-refractivity contribution in [3.8, 4) is 5.75 Å². The maximum atomic E-state index is 12.8. The highest BCUT2D eigenvalue weighted by Crippen LogP contribution is 2.21. The first kappa shape index (κ1) is 16.7. The minimum absolute atomic E-state index is 0.0278. The topological polar surface area (TPSA) is 60.2 Å². The predicted molar refractivity (Wildman–Crippen MR) is 95.9 cm³/mol. The first-order valence-corrected chi connectivity index (χ1v) is 8.08. The molecule has 0 radical (unpaired) electrons. The molecule has 6 heteroatoms. The molecule has 3 aromatic rings. The number of amides is 1. The fraction of sp³-hybridized carbons (Fsp3) is 0.211. The van der Waals surface area contributed by atoms with E-state index < -0.39 is 0 Å². The Bertz CT molecular complexity index is 812. The molecule has 0 atom stereocenters. The second kappa shape index (κ2) is 7.61. The Kier molecular flexibility index (Phi) is 5.09. The maximum Gasteiger partial charge on any atom is 0.258 e. The summed E-state index contributed by atoms with van der Waals surface area (Å²) in [5, 5.41) is 4.08. The third kappa shape index (κ3) is 3.85. The fourth-order valence-corrected chi connectivity index (χ4v) is 2.62. The van der Waals surface area contributed by atoms with E-state index in [1.807, 2.05) is 55.5 Å². The molecule has 0 saturated carbocycles. The Balaban J connectivity index is 1.75. The van der Waals surface area contributed by atoms with Crippen molar-refractivity contribution in [1.29, 1.82) is 0 Å². The van der Waals surface area contributed by atoms with Crippen molar-refractivity contribution < 1.29 is 9.53 Å². The summed E-state index contributed by atoms with van der Waals surface area (Å²) in [5.74, 6) is 0.740. The highest BCUT2D eigenvalue weighted by molar-refractivity contribution is 6.06. The van der Waals surface area contributed by atoms with E-state index in [4.69, 9.17) is 4.74 Å². The molecular formula is C19H20N4O2. The van der Waals surface area contributed by atoms with Crippen LogP contribution < -0.4 is 9.64 Å². The van der Waals surface area contributed by atoms with Gasteiger partial charge in [-0.3, -0.25) is 4.79 Å². The van der Waals surface area contributed by atoms with Gasteiger partial charge in [0.25, 0.3) is 5.91 Å². The molecule has 25 heavy (non-hydrogen) atoms. The third-order valence-corrected chi connectivity index (χ3v) is 3.96. The molecule has 0 aliphatic rings. The van der Waals surface area contributed by atoms with Gasteiger partial charge in [0.2, 0.25) is 0 Å². The number of hydrogen-bond acceptors (Lipinski definition) is 4. The molecule has 0 N–H and O–H groups in total. The minimum Gasteiger partial charge on any atom is -0.497 e. The van der Waals surface area contributed by atoms with E-state index >= 15 is 0 Å². The van der Waals surface area contributed by atoms with E-state index in [-0.39, 0.29) is 5.91 Å². The quantitative estimate of drug-likeness (QED) is 0.694. The molecule has 1 heterocycles. The SMILES string of the molecule is CCN(C(=O)c1ccc(Cn2cncn2)cc1)c1ccc(OC)cc1. The molecular weight excluding hydrogens is 316 g/mol. The Morgan fingerprint density at radius 2 is 1.84 bits per heavy atom. The van der Waals surface area contributed by atoms with Gasteiger partial charge in [-0.05, 0) is 48.9 Å². The van der Waals surface area contributed by atoms with Gasteiger partial charge < -0.3 is 9.64 Å². The van der Waals surface area contributed by atoms with E-state index in [1.165, 1.54) is 6.33 Å². The van der Waals surface area contributed by atoms with Crippen LogP contribution in [-0.4, -0.2) is 34.3 Å². The molecule has 2 aromatic carbocycles. The number of carbonyl (C=O) groups excluding carboxylic acids is 1. The van der Waals surface area contributed by atoms with Gasteiger partial charge in [-0.1, -0.05) is 12.1 Å². The van der Waals surface area contributed by atoms with Gasteiger partial charge >= 0.3 is 0 Å². The standard InChI is InChI=1S/C19H20N4O2/c1-3-23(17-8-10-18(25-2)11-9-17)19(24)16-6-4-15(5-7-16)12-22-14-20-13-21-22/h4-11,13-14H,3,12H2,1-2H3. The number of benzene rings is 2. The summed E-state index contributed by atoms with van der Waals surface area (Å²) in [7, 11) is 1.62. The second-order valence-electron chi connectivity index (χ2n) is 5.54. The van der Waals surface area contributed by atoms with Gasteiger partial charge in [0.15, 0.2) is 0 Å². The lowest BCUT2D eigenvalue weighted by molar-refractivity contribution is 0.0988. The summed E-state index contributed by atoms with van der Waals surface area (Å²) >= 11 is 0. The van der Waals surface area contributed by atoms with Crippen LogP contribution in [0, 0.1) is 0 Å². The van der Waals surface area contributed by atoms with Crippen LogP contribution in [0.15, 0.2) is 61.2 Å². The van der Waals surface area contributed by atoms with Crippen LogP contribution in [0.4, 0.5) is 5.69 Å². The summed E-state index contributed by atoms with van der Waals surface area (Å²) in [5.41, 5.74) is 2.56. The fourth-order valence-electron chi connectivity index (χ4n) is 2.62. The lowest BCUT2D eigenvalue weighted by atomic mass is 10.1. The van der Waals surface area contributed by atoms with Crippen LogP contribution in [0.5, 0.6) is 5.75 Å². The molecule has 0 bridgehead atoms. The van der Waals surface area contributed by atoms with Crippen molar-refractivity contribution in [1.82, 2.24) is 14.8 Å². The van der Waals surface area contributed by atoms with Crippen molar-refractivity contribution in [3.05, 3.63) is 72.3 Å². The first-order valence-electron chi connectivity index (χ1n) is 8.08. The van der Waals surface area contributed by atoms with Gasteiger partial charge in [-0.25, -0.2) is 9.67 Å². The van der Waals surface area contributed by atoms with E-state index in [2.05, 4.69) is 10.1 Å². The van der Waals surface area contributed by atoms with E-state index in [9.17, 15) is 4.79 Å². The highest BCUT2D eigenvalue weighted by atomic mass is 16.5. The monoisotopic (exact) mass is 336 g/mol. The van der Waals surface area contributed by atoms with Crippen LogP contribution in [0.25, 0.3) is 0 Å². The molecule has 0 aliphatic carbocycles. The van der Waals surface area contributed by atoms with E-state index in [0.29, 0.717) is 18.7 Å². The molecule has 1 amide bonds. The molecule has 0 saturated heterocycles. The van der Waals surface area contributed by atoms with Crippen LogP contribution in [0.1, 0.15) is 22.8 Å². The van der Waals surface area contributed by atoms with Crippen molar-refractivity contribution in [2.75, 3.05) is 18.6 Å². The van der Waals surface area contributed by atoms with Crippen molar-refractivity contribution in [2.45, 2.75) is 13.5 Å². The summed E-state index contributed by atoms with van der Waals surface area (Å²) in [6.07, 6.45) is 3.17. The number of hydrogen-bond donors (Lipinski definition) is 0. The molecule has 0 unspecified atom stereocenters. The smallest absolute Gasteiger partial charge is 0.258 e. The van der Waals surface area contributed by atoms with Crippen molar-refractivity contribution >= 4 is 11.6 Å². The average Bonchev–Trinajstić information content (AvgIpc) is 3.16. The number of carbonyl (C=O) groups is 1. The number of aromatic nitrogens is 3. The third-order valence-electron chi connectivity index (χ3n) is 3.96. The van der Waals surface area contributed by atoms with E-state index in [1.54, 1.807) is 23.0 Å². The van der Waals surface area contributed by atoms with Crippen LogP contribution >= 0.6 is 0 Å². The second-order valence-corrected chi connectivity index (χ2v) is 5.54. The van der Waals surface area contributed by atoms with Gasteiger partial charge in [-0.15, -0.1) is 0 Å². The molecule has 6 nitrogen and oxygen atoms in total. The molecule has 128 valence electrons. The molecule has 0 aliphatic heterocycles. The Labute approximate surface area is 146 Å². The number of methoxy groups -OCH3 is 1. The number of rotatable bonds is 6. The maximum absolute atomic E-state index is 12.8. The molecule has 0 spiro atoms. The average molecular weight is 336 g/mol. The van der Waals surface area contributed by atoms with Gasteiger partial charge in [0.05, 0.1) is 13.7 Å². The lowest BCUT2D eigenvalue weighted by Crippen LogP contribution is -2.30. The van der Waals surface area contributed by atoms with Crippen molar-refractivity contribution in [2.24, 2.45) is 0 Å². The number of ether oxygens (including phenoxy) is 1. The molecule has 1 aromatic heterocycles. The Morgan fingerprint density at radius 3 is 2.40 bits per heavy atom. The predicted octanol–water partition coefficient (Wildman–Crippen LogP) is 3.00. The lowest BCUT2D eigenvalue weighted by Gasteiger charge is -2.21. The van der Waals surface area contributed by atoms with E-state index in [0.717, 1.165) is 17.0 Å². The van der Waals surface area contributed by atoms with Crippen LogP contribution in [0.3, 0.4) is 0 Å². The Morgan fingerprint density at radius 1 is 1.12 bits per heavy atom. The van der Waals surface area contributed by atoms with Crippen LogP contribution in [0.2, 0.25) is 0 Å². The summed E-state index contributed by atoms with van der Waals surface area (Å²) in [6.45, 7) is 3.18. The molecule has 3 rings (SSSR count). The largest absolute Gasteiger partial charge is 0.497 e. The normalized spacial score (nSPS) is 10.5. The summed E-state index contributed by atoms with van der Waals surface area (Å²) in [6, 6.07) is 15.1. The zero-order valence-corrected chi connectivity index (χ0v) is 14.3. The minimum atomic E-state index is -0.0278. The van der Waals surface area contributed by atoms with Gasteiger partial charge in [0, 0.05) is 17.8 Å². The Hall–Kier alpha value is -3.15. The van der Waals surface area contributed by atoms with Gasteiger partial charge in [-0.2, -0.15) is 5.10 Å². The zero-order valence-electron chi connectivity index (χ0n) is 14.3. The first-order chi connectivity index (χ1) is 12.2. The summed E-state index contributed by atoms with van der Waals surface area (Å²) in [4.78, 5) is 18.5. The number of nitrogens with zero attached hydrogens (tertiary/aromatic N) is 4. The van der Waals surface area contributed by atoms with Gasteiger partial charge in [0.1, 0.15) is 18.4 Å². The van der Waals surface area contributed by atoms with Crippen molar-refractivity contribution in [3.63, 3.8) is 0 Å².